The molecule has 1 aromatic rings. The van der Waals surface area contributed by atoms with Gasteiger partial charge < -0.3 is 9.67 Å². The maximum atomic E-state index is 10.2. The average Bonchev–Trinajstić information content (AvgIpc) is 2.76. The summed E-state index contributed by atoms with van der Waals surface area (Å²) in [7, 11) is 1.98. The Morgan fingerprint density at radius 2 is 2.40 bits per heavy atom. The summed E-state index contributed by atoms with van der Waals surface area (Å²) >= 11 is 0. The van der Waals surface area contributed by atoms with Gasteiger partial charge in [-0.05, 0) is 18.3 Å². The normalized spacial score (nSPS) is 28.2. The average molecular weight is 208 g/mol. The van der Waals surface area contributed by atoms with Crippen molar-refractivity contribution < 1.29 is 5.11 Å². The number of nitrogens with zero attached hydrogens (tertiary/aromatic N) is 2. The van der Waals surface area contributed by atoms with Crippen LogP contribution in [0, 0.1) is 11.8 Å². The molecule has 1 aliphatic carbocycles. The van der Waals surface area contributed by atoms with E-state index in [0.717, 1.165) is 5.82 Å². The van der Waals surface area contributed by atoms with Crippen LogP contribution in [0.25, 0.3) is 0 Å². The molecule has 3 nitrogen and oxygen atoms in total. The van der Waals surface area contributed by atoms with Crippen LogP contribution in [-0.2, 0) is 13.5 Å². The van der Waals surface area contributed by atoms with E-state index in [1.54, 1.807) is 6.20 Å². The molecule has 15 heavy (non-hydrogen) atoms. The van der Waals surface area contributed by atoms with Crippen molar-refractivity contribution in [1.29, 1.82) is 0 Å². The van der Waals surface area contributed by atoms with Gasteiger partial charge in [0.25, 0.3) is 0 Å². The predicted molar refractivity (Wildman–Crippen MR) is 59.4 cm³/mol. The zero-order valence-electron chi connectivity index (χ0n) is 9.56. The molecule has 0 amide bonds. The van der Waals surface area contributed by atoms with Gasteiger partial charge in [0.15, 0.2) is 0 Å². The molecular weight excluding hydrogens is 188 g/mol. The molecule has 1 fully saturated rings. The number of hydrogen-bond donors (Lipinski definition) is 1. The van der Waals surface area contributed by atoms with Gasteiger partial charge in [0.2, 0.25) is 0 Å². The van der Waals surface area contributed by atoms with Crippen LogP contribution in [0.1, 0.15) is 32.0 Å². The third-order valence-electron chi connectivity index (χ3n) is 3.73. The molecule has 2 rings (SSSR count). The summed E-state index contributed by atoms with van der Waals surface area (Å²) in [6.07, 6.45) is 7.90. The first-order valence-electron chi connectivity index (χ1n) is 5.82. The smallest absolute Gasteiger partial charge is 0.110 e. The first kappa shape index (κ1) is 10.7. The van der Waals surface area contributed by atoms with Gasteiger partial charge in [-0.25, -0.2) is 4.98 Å². The molecule has 0 radical (unpaired) electrons. The van der Waals surface area contributed by atoms with Crippen molar-refractivity contribution in [2.24, 2.45) is 18.9 Å². The van der Waals surface area contributed by atoms with Crippen molar-refractivity contribution >= 4 is 0 Å². The van der Waals surface area contributed by atoms with E-state index < -0.39 is 0 Å². The minimum Gasteiger partial charge on any atom is -0.392 e. The molecule has 1 N–H and O–H groups in total. The van der Waals surface area contributed by atoms with E-state index in [9.17, 15) is 5.11 Å². The zero-order chi connectivity index (χ0) is 10.8. The lowest BCUT2D eigenvalue weighted by atomic mass is 9.90. The predicted octanol–water partition coefficient (Wildman–Crippen LogP) is 1.76. The van der Waals surface area contributed by atoms with E-state index in [1.807, 2.05) is 17.8 Å². The highest BCUT2D eigenvalue weighted by molar-refractivity contribution is 4.95. The van der Waals surface area contributed by atoms with E-state index in [4.69, 9.17) is 0 Å². The second kappa shape index (κ2) is 4.35. The summed E-state index contributed by atoms with van der Waals surface area (Å²) in [6.45, 7) is 2.25. The number of aliphatic hydroxyl groups excluding tert-OH is 1. The van der Waals surface area contributed by atoms with Crippen LogP contribution in [0.3, 0.4) is 0 Å². The number of imidazole rings is 1. The Morgan fingerprint density at radius 1 is 1.60 bits per heavy atom. The largest absolute Gasteiger partial charge is 0.392 e. The summed E-state index contributed by atoms with van der Waals surface area (Å²) in [4.78, 5) is 4.26. The molecular formula is C12H20N2O. The van der Waals surface area contributed by atoms with Crippen molar-refractivity contribution in [3.63, 3.8) is 0 Å². The Kier molecular flexibility index (Phi) is 3.10. The SMILES string of the molecule is CC1CCCC1C(O)Cc1nccn1C. The van der Waals surface area contributed by atoms with Crippen molar-refractivity contribution in [2.75, 3.05) is 0 Å². The third-order valence-corrected chi connectivity index (χ3v) is 3.73. The van der Waals surface area contributed by atoms with E-state index in [2.05, 4.69) is 11.9 Å². The quantitative estimate of drug-likeness (QED) is 0.822. The van der Waals surface area contributed by atoms with Crippen molar-refractivity contribution in [3.05, 3.63) is 18.2 Å². The molecule has 0 aromatic carbocycles. The van der Waals surface area contributed by atoms with Gasteiger partial charge in [0.05, 0.1) is 6.10 Å². The molecule has 3 atom stereocenters. The summed E-state index contributed by atoms with van der Waals surface area (Å²) < 4.78 is 1.99. The fourth-order valence-corrected chi connectivity index (χ4v) is 2.68. The molecule has 1 aliphatic rings. The zero-order valence-corrected chi connectivity index (χ0v) is 9.56. The monoisotopic (exact) mass is 208 g/mol. The maximum Gasteiger partial charge on any atom is 0.110 e. The second-order valence-corrected chi connectivity index (χ2v) is 4.80. The number of aromatic nitrogens is 2. The van der Waals surface area contributed by atoms with Crippen LogP contribution in [-0.4, -0.2) is 20.8 Å². The highest BCUT2D eigenvalue weighted by Crippen LogP contribution is 2.34. The van der Waals surface area contributed by atoms with E-state index >= 15 is 0 Å². The Morgan fingerprint density at radius 3 is 2.93 bits per heavy atom. The summed E-state index contributed by atoms with van der Waals surface area (Å²) in [6, 6.07) is 0. The van der Waals surface area contributed by atoms with Gasteiger partial charge >= 0.3 is 0 Å². The van der Waals surface area contributed by atoms with Gasteiger partial charge in [-0.2, -0.15) is 0 Å². The Bertz CT molecular complexity index is 321. The minimum atomic E-state index is -0.219. The molecule has 0 saturated heterocycles. The van der Waals surface area contributed by atoms with Crippen LogP contribution in [0.5, 0.6) is 0 Å². The molecule has 1 aromatic heterocycles. The van der Waals surface area contributed by atoms with Crippen LogP contribution < -0.4 is 0 Å². The third kappa shape index (κ3) is 2.23. The fraction of sp³-hybridized carbons (Fsp3) is 0.750. The molecule has 0 bridgehead atoms. The molecule has 1 heterocycles. The lowest BCUT2D eigenvalue weighted by Gasteiger charge is -2.21. The molecule has 0 spiro atoms. The van der Waals surface area contributed by atoms with Gasteiger partial charge in [-0.1, -0.05) is 19.8 Å². The van der Waals surface area contributed by atoms with Gasteiger partial charge in [0.1, 0.15) is 5.82 Å². The lowest BCUT2D eigenvalue weighted by molar-refractivity contribution is 0.0877. The highest BCUT2D eigenvalue weighted by atomic mass is 16.3. The van der Waals surface area contributed by atoms with Gasteiger partial charge in [0, 0.05) is 25.9 Å². The lowest BCUT2D eigenvalue weighted by Crippen LogP contribution is -2.26. The minimum absolute atomic E-state index is 0.219. The van der Waals surface area contributed by atoms with Crippen molar-refractivity contribution in [1.82, 2.24) is 9.55 Å². The first-order chi connectivity index (χ1) is 7.18. The fourth-order valence-electron chi connectivity index (χ4n) is 2.68. The molecule has 3 heteroatoms. The summed E-state index contributed by atoms with van der Waals surface area (Å²) in [5.41, 5.74) is 0. The van der Waals surface area contributed by atoms with E-state index in [0.29, 0.717) is 18.3 Å². The van der Waals surface area contributed by atoms with E-state index in [-0.39, 0.29) is 6.10 Å². The van der Waals surface area contributed by atoms with Gasteiger partial charge in [-0.3, -0.25) is 0 Å². The van der Waals surface area contributed by atoms with Crippen molar-refractivity contribution in [2.45, 2.75) is 38.7 Å². The Balaban J connectivity index is 1.97. The summed E-state index contributed by atoms with van der Waals surface area (Å²) in [5.74, 6) is 2.13. The maximum absolute atomic E-state index is 10.2. The Labute approximate surface area is 91.1 Å². The molecule has 3 unspecified atom stereocenters. The van der Waals surface area contributed by atoms with Crippen LogP contribution >= 0.6 is 0 Å². The van der Waals surface area contributed by atoms with Gasteiger partial charge in [-0.15, -0.1) is 0 Å². The number of aliphatic hydroxyl groups is 1. The van der Waals surface area contributed by atoms with Crippen molar-refractivity contribution in [3.8, 4) is 0 Å². The number of hydrogen-bond acceptors (Lipinski definition) is 2. The Hall–Kier alpha value is -0.830. The van der Waals surface area contributed by atoms with E-state index in [1.165, 1.54) is 19.3 Å². The highest BCUT2D eigenvalue weighted by Gasteiger charge is 2.30. The van der Waals surface area contributed by atoms with Crippen LogP contribution in [0.4, 0.5) is 0 Å². The number of aryl methyl sites for hydroxylation is 1. The standard InChI is InChI=1S/C12H20N2O/c1-9-4-3-5-10(9)11(15)8-12-13-6-7-14(12)2/h6-7,9-11,15H,3-5,8H2,1-2H3. The first-order valence-corrected chi connectivity index (χ1v) is 5.82. The topological polar surface area (TPSA) is 38.1 Å². The second-order valence-electron chi connectivity index (χ2n) is 4.80. The molecule has 84 valence electrons. The number of rotatable bonds is 3. The summed E-state index contributed by atoms with van der Waals surface area (Å²) in [5, 5.41) is 10.2. The molecule has 0 aliphatic heterocycles. The molecule has 1 saturated carbocycles. The van der Waals surface area contributed by atoms with Crippen LogP contribution in [0.2, 0.25) is 0 Å². The van der Waals surface area contributed by atoms with Crippen LogP contribution in [0.15, 0.2) is 12.4 Å².